The van der Waals surface area contributed by atoms with Crippen molar-refractivity contribution in [3.63, 3.8) is 0 Å². The van der Waals surface area contributed by atoms with E-state index in [0.717, 1.165) is 17.9 Å². The molecule has 1 heterocycles. The van der Waals surface area contributed by atoms with Crippen LogP contribution < -0.4 is 0 Å². The minimum Gasteiger partial charge on any atom is -0.212 e. The zero-order valence-electron chi connectivity index (χ0n) is 9.15. The van der Waals surface area contributed by atoms with E-state index in [-0.39, 0.29) is 17.7 Å². The smallest absolute Gasteiger partial charge is 0.212 e. The molecule has 0 saturated carbocycles. The first-order valence-corrected chi connectivity index (χ1v) is 8.36. The van der Waals surface area contributed by atoms with Crippen LogP contribution in [0.1, 0.15) is 13.3 Å². The van der Waals surface area contributed by atoms with E-state index in [1.165, 1.54) is 4.31 Å². The maximum atomic E-state index is 11.9. The highest BCUT2D eigenvalue weighted by Crippen LogP contribution is 2.24. The third-order valence-corrected chi connectivity index (χ3v) is 6.45. The Kier molecular flexibility index (Phi) is 5.22. The number of sulfonamides is 1. The van der Waals surface area contributed by atoms with Crippen LogP contribution in [0.25, 0.3) is 0 Å². The van der Waals surface area contributed by atoms with Gasteiger partial charge in [0.1, 0.15) is 0 Å². The number of rotatable bonds is 5. The lowest BCUT2D eigenvalue weighted by molar-refractivity contribution is 0.391. The second-order valence-corrected chi connectivity index (χ2v) is 7.60. The molecule has 0 aromatic rings. The van der Waals surface area contributed by atoms with Gasteiger partial charge in [-0.15, -0.1) is 11.6 Å². The maximum Gasteiger partial charge on any atom is 0.214 e. The van der Waals surface area contributed by atoms with E-state index in [0.29, 0.717) is 5.88 Å². The van der Waals surface area contributed by atoms with Gasteiger partial charge in [0.2, 0.25) is 10.0 Å². The van der Waals surface area contributed by atoms with Crippen LogP contribution in [0.15, 0.2) is 0 Å². The molecule has 3 nitrogen and oxygen atoms in total. The second kappa shape index (κ2) is 5.75. The Morgan fingerprint density at radius 3 is 2.73 bits per heavy atom. The van der Waals surface area contributed by atoms with Gasteiger partial charge in [-0.2, -0.15) is 11.8 Å². The summed E-state index contributed by atoms with van der Waals surface area (Å²) in [6.45, 7) is 1.86. The van der Waals surface area contributed by atoms with E-state index in [1.807, 2.05) is 18.7 Å². The predicted molar refractivity (Wildman–Crippen MR) is 67.2 cm³/mol. The lowest BCUT2D eigenvalue weighted by atomic mass is 10.3. The highest BCUT2D eigenvalue weighted by Gasteiger charge is 2.29. The molecule has 2 unspecified atom stereocenters. The summed E-state index contributed by atoms with van der Waals surface area (Å²) in [7, 11) is -1.43. The van der Waals surface area contributed by atoms with Gasteiger partial charge < -0.3 is 0 Å². The summed E-state index contributed by atoms with van der Waals surface area (Å²) >= 11 is 7.45. The molecule has 0 bridgehead atoms. The number of alkyl halides is 1. The summed E-state index contributed by atoms with van der Waals surface area (Å²) in [5, 5.41) is 0. The van der Waals surface area contributed by atoms with Crippen molar-refractivity contribution in [3.05, 3.63) is 0 Å². The fraction of sp³-hybridized carbons (Fsp3) is 1.00. The number of nitrogens with zero attached hydrogens (tertiary/aromatic N) is 1. The van der Waals surface area contributed by atoms with Crippen LogP contribution in [0, 0.1) is 5.92 Å². The molecule has 0 radical (unpaired) electrons. The summed E-state index contributed by atoms with van der Waals surface area (Å²) in [6.07, 6.45) is 0.968. The number of hydrogen-bond donors (Lipinski definition) is 0. The Hall–Kier alpha value is 0.550. The molecule has 15 heavy (non-hydrogen) atoms. The molecule has 1 aliphatic heterocycles. The van der Waals surface area contributed by atoms with Crippen molar-refractivity contribution in [2.45, 2.75) is 19.4 Å². The van der Waals surface area contributed by atoms with E-state index in [4.69, 9.17) is 11.6 Å². The molecular weight excluding hydrogens is 254 g/mol. The van der Waals surface area contributed by atoms with Crippen LogP contribution in [-0.4, -0.2) is 49.0 Å². The topological polar surface area (TPSA) is 37.4 Å². The van der Waals surface area contributed by atoms with Gasteiger partial charge in [-0.25, -0.2) is 12.7 Å². The van der Waals surface area contributed by atoms with Crippen LogP contribution in [0.2, 0.25) is 0 Å². The molecular formula is C9H18ClNO2S2. The SMILES string of the molecule is CC(CCl)CS(=O)(=O)N(C)C1CCSC1. The minimum atomic E-state index is -3.12. The molecule has 0 aromatic carbocycles. The molecule has 0 N–H and O–H groups in total. The Bertz CT molecular complexity index is 288. The standard InChI is InChI=1S/C9H18ClNO2S2/c1-8(5-10)7-15(12,13)11(2)9-3-4-14-6-9/h8-9H,3-7H2,1-2H3. The number of halogens is 1. The molecule has 1 rings (SSSR count). The van der Waals surface area contributed by atoms with E-state index < -0.39 is 10.0 Å². The predicted octanol–water partition coefficient (Wildman–Crippen LogP) is 1.63. The van der Waals surface area contributed by atoms with Gasteiger partial charge in [0.05, 0.1) is 5.75 Å². The maximum absolute atomic E-state index is 11.9. The minimum absolute atomic E-state index is 0.0215. The third-order valence-electron chi connectivity index (χ3n) is 2.62. The second-order valence-electron chi connectivity index (χ2n) is 4.07. The van der Waals surface area contributed by atoms with Crippen molar-refractivity contribution in [3.8, 4) is 0 Å². The van der Waals surface area contributed by atoms with Crippen molar-refractivity contribution >= 4 is 33.4 Å². The van der Waals surface area contributed by atoms with Crippen LogP contribution in [-0.2, 0) is 10.0 Å². The first kappa shape index (κ1) is 13.6. The van der Waals surface area contributed by atoms with E-state index >= 15 is 0 Å². The molecule has 0 aliphatic carbocycles. The fourth-order valence-corrected chi connectivity index (χ4v) is 4.86. The quantitative estimate of drug-likeness (QED) is 0.714. The van der Waals surface area contributed by atoms with Crippen LogP contribution in [0.5, 0.6) is 0 Å². The molecule has 0 aromatic heterocycles. The zero-order valence-corrected chi connectivity index (χ0v) is 11.5. The fourth-order valence-electron chi connectivity index (χ4n) is 1.56. The summed E-state index contributed by atoms with van der Waals surface area (Å²) in [6, 6.07) is 0.183. The number of thioether (sulfide) groups is 1. The molecule has 90 valence electrons. The van der Waals surface area contributed by atoms with Gasteiger partial charge in [-0.1, -0.05) is 6.92 Å². The number of hydrogen-bond acceptors (Lipinski definition) is 3. The molecule has 1 saturated heterocycles. The van der Waals surface area contributed by atoms with E-state index in [9.17, 15) is 8.42 Å². The Balaban J connectivity index is 2.59. The lowest BCUT2D eigenvalue weighted by Crippen LogP contribution is -2.39. The van der Waals surface area contributed by atoms with Crippen LogP contribution in [0.3, 0.4) is 0 Å². The zero-order chi connectivity index (χ0) is 11.5. The monoisotopic (exact) mass is 271 g/mol. The molecule has 1 aliphatic rings. The Morgan fingerprint density at radius 2 is 2.27 bits per heavy atom. The average Bonchev–Trinajstić information content (AvgIpc) is 2.68. The van der Waals surface area contributed by atoms with Crippen LogP contribution >= 0.6 is 23.4 Å². The lowest BCUT2D eigenvalue weighted by Gasteiger charge is -2.24. The Labute approximate surface area is 102 Å². The largest absolute Gasteiger partial charge is 0.214 e. The molecule has 0 amide bonds. The van der Waals surface area contributed by atoms with Gasteiger partial charge in [-0.05, 0) is 18.1 Å². The van der Waals surface area contributed by atoms with E-state index in [2.05, 4.69) is 0 Å². The van der Waals surface area contributed by atoms with Gasteiger partial charge in [-0.3, -0.25) is 0 Å². The van der Waals surface area contributed by atoms with Gasteiger partial charge in [0, 0.05) is 24.7 Å². The summed E-state index contributed by atoms with van der Waals surface area (Å²) in [4.78, 5) is 0. The average molecular weight is 272 g/mol. The summed E-state index contributed by atoms with van der Waals surface area (Å²) < 4.78 is 25.4. The van der Waals surface area contributed by atoms with Crippen LogP contribution in [0.4, 0.5) is 0 Å². The van der Waals surface area contributed by atoms with Crippen molar-refractivity contribution in [1.82, 2.24) is 4.31 Å². The molecule has 2 atom stereocenters. The van der Waals surface area contributed by atoms with E-state index in [1.54, 1.807) is 7.05 Å². The summed E-state index contributed by atoms with van der Waals surface area (Å²) in [5.41, 5.74) is 0. The highest BCUT2D eigenvalue weighted by molar-refractivity contribution is 7.99. The highest BCUT2D eigenvalue weighted by atomic mass is 35.5. The van der Waals surface area contributed by atoms with Gasteiger partial charge >= 0.3 is 0 Å². The Morgan fingerprint density at radius 1 is 1.60 bits per heavy atom. The van der Waals surface area contributed by atoms with Crippen molar-refractivity contribution in [2.24, 2.45) is 5.92 Å². The van der Waals surface area contributed by atoms with Crippen molar-refractivity contribution in [1.29, 1.82) is 0 Å². The summed E-state index contributed by atoms with van der Waals surface area (Å²) in [5.74, 6) is 2.56. The van der Waals surface area contributed by atoms with Crippen molar-refractivity contribution in [2.75, 3.05) is 30.2 Å². The van der Waals surface area contributed by atoms with Gasteiger partial charge in [0.25, 0.3) is 0 Å². The van der Waals surface area contributed by atoms with Gasteiger partial charge in [0.15, 0.2) is 0 Å². The third kappa shape index (κ3) is 3.80. The molecule has 1 fully saturated rings. The molecule has 6 heteroatoms. The molecule has 0 spiro atoms. The normalized spacial score (nSPS) is 24.7. The van der Waals surface area contributed by atoms with Crippen molar-refractivity contribution < 1.29 is 8.42 Å². The first-order chi connectivity index (χ1) is 6.97. The first-order valence-electron chi connectivity index (χ1n) is 5.06.